The number of hydrogen-bond donors (Lipinski definition) is 0. The summed E-state index contributed by atoms with van der Waals surface area (Å²) in [6.07, 6.45) is 6.72. The molecule has 0 radical (unpaired) electrons. The lowest BCUT2D eigenvalue weighted by Crippen LogP contribution is -2.32. The highest BCUT2D eigenvalue weighted by atomic mass is 16.6. The molecule has 1 saturated heterocycles. The van der Waals surface area contributed by atoms with Crippen LogP contribution in [0.15, 0.2) is 23.2 Å². The van der Waals surface area contributed by atoms with Crippen molar-refractivity contribution in [1.29, 1.82) is 5.26 Å². The quantitative estimate of drug-likeness (QED) is 0.588. The van der Waals surface area contributed by atoms with Gasteiger partial charge in [-0.3, -0.25) is 0 Å². The molecule has 72 valence electrons. The van der Waals surface area contributed by atoms with Crippen LogP contribution in [0.5, 0.6) is 0 Å². The number of nitriles is 1. The average molecular weight is 189 g/mol. The summed E-state index contributed by atoms with van der Waals surface area (Å²) in [5, 5.41) is 8.94. The van der Waals surface area contributed by atoms with E-state index in [1.807, 2.05) is 6.08 Å². The fourth-order valence-electron chi connectivity index (χ4n) is 1.69. The summed E-state index contributed by atoms with van der Waals surface area (Å²) in [5.74, 6) is 0. The Morgan fingerprint density at radius 2 is 2.14 bits per heavy atom. The van der Waals surface area contributed by atoms with Crippen LogP contribution in [-0.4, -0.2) is 20.3 Å². The zero-order chi connectivity index (χ0) is 9.80. The summed E-state index contributed by atoms with van der Waals surface area (Å²) in [7, 11) is -0.310. The molecule has 0 N–H and O–H groups in total. The molecular formula is C10H12BNO2. The predicted molar refractivity (Wildman–Crippen MR) is 53.3 cm³/mol. The van der Waals surface area contributed by atoms with E-state index in [2.05, 4.69) is 12.1 Å². The lowest BCUT2D eigenvalue weighted by Gasteiger charge is -2.22. The maximum atomic E-state index is 8.94. The molecule has 0 atom stereocenters. The molecule has 14 heavy (non-hydrogen) atoms. The van der Waals surface area contributed by atoms with Gasteiger partial charge in [-0.15, -0.1) is 0 Å². The minimum Gasteiger partial charge on any atom is -0.407 e. The summed E-state index contributed by atoms with van der Waals surface area (Å²) in [6, 6.07) is 2.22. The van der Waals surface area contributed by atoms with E-state index in [0.29, 0.717) is 0 Å². The SMILES string of the molecule is N#CC1=C(B2OCCCO2)C=CCC1. The van der Waals surface area contributed by atoms with Crippen LogP contribution in [0.2, 0.25) is 0 Å². The first-order valence-electron chi connectivity index (χ1n) is 4.94. The zero-order valence-corrected chi connectivity index (χ0v) is 8.03. The van der Waals surface area contributed by atoms with Gasteiger partial charge in [0.05, 0.1) is 6.07 Å². The van der Waals surface area contributed by atoms with Gasteiger partial charge in [0.2, 0.25) is 0 Å². The van der Waals surface area contributed by atoms with Crippen LogP contribution in [0.25, 0.3) is 0 Å². The third-order valence-corrected chi connectivity index (χ3v) is 2.42. The van der Waals surface area contributed by atoms with E-state index in [1.54, 1.807) is 0 Å². The second-order valence-electron chi connectivity index (χ2n) is 3.41. The highest BCUT2D eigenvalue weighted by molar-refractivity contribution is 6.55. The van der Waals surface area contributed by atoms with Gasteiger partial charge in [-0.1, -0.05) is 12.2 Å². The maximum Gasteiger partial charge on any atom is 0.494 e. The zero-order valence-electron chi connectivity index (χ0n) is 8.03. The van der Waals surface area contributed by atoms with Gasteiger partial charge < -0.3 is 9.31 Å². The van der Waals surface area contributed by atoms with Crippen molar-refractivity contribution in [2.75, 3.05) is 13.2 Å². The van der Waals surface area contributed by atoms with Gasteiger partial charge in [0, 0.05) is 18.8 Å². The predicted octanol–water partition coefficient (Wildman–Crippen LogP) is 1.62. The van der Waals surface area contributed by atoms with Gasteiger partial charge in [0.1, 0.15) is 0 Å². The Bertz CT molecular complexity index is 311. The molecule has 0 aromatic carbocycles. The largest absolute Gasteiger partial charge is 0.494 e. The number of allylic oxidation sites excluding steroid dienone is 4. The van der Waals surface area contributed by atoms with E-state index in [0.717, 1.165) is 43.5 Å². The Balaban J connectivity index is 2.17. The molecule has 0 saturated carbocycles. The van der Waals surface area contributed by atoms with Gasteiger partial charge in [-0.05, 0) is 24.7 Å². The first-order valence-corrected chi connectivity index (χ1v) is 4.94. The van der Waals surface area contributed by atoms with E-state index >= 15 is 0 Å². The maximum absolute atomic E-state index is 8.94. The molecule has 0 aromatic heterocycles. The summed E-state index contributed by atoms with van der Waals surface area (Å²) in [4.78, 5) is 0. The van der Waals surface area contributed by atoms with Crippen LogP contribution in [0.3, 0.4) is 0 Å². The van der Waals surface area contributed by atoms with Crippen LogP contribution >= 0.6 is 0 Å². The molecule has 0 spiro atoms. The summed E-state index contributed by atoms with van der Waals surface area (Å²) >= 11 is 0. The van der Waals surface area contributed by atoms with E-state index in [-0.39, 0.29) is 7.12 Å². The fraction of sp³-hybridized carbons (Fsp3) is 0.500. The Morgan fingerprint density at radius 3 is 2.86 bits per heavy atom. The summed E-state index contributed by atoms with van der Waals surface area (Å²) in [6.45, 7) is 1.45. The average Bonchev–Trinajstić information content (AvgIpc) is 2.30. The van der Waals surface area contributed by atoms with Crippen LogP contribution in [0, 0.1) is 11.3 Å². The van der Waals surface area contributed by atoms with Crippen LogP contribution in [0.1, 0.15) is 19.3 Å². The molecule has 0 bridgehead atoms. The molecule has 1 aliphatic heterocycles. The van der Waals surface area contributed by atoms with Crippen LogP contribution in [0.4, 0.5) is 0 Å². The van der Waals surface area contributed by atoms with E-state index < -0.39 is 0 Å². The molecule has 1 fully saturated rings. The minimum absolute atomic E-state index is 0.310. The lowest BCUT2D eigenvalue weighted by atomic mass is 9.72. The van der Waals surface area contributed by atoms with Crippen molar-refractivity contribution in [3.05, 3.63) is 23.2 Å². The molecule has 2 aliphatic rings. The van der Waals surface area contributed by atoms with Crippen molar-refractivity contribution >= 4 is 7.12 Å². The summed E-state index contributed by atoms with van der Waals surface area (Å²) in [5.41, 5.74) is 1.72. The minimum atomic E-state index is -0.310. The number of rotatable bonds is 1. The van der Waals surface area contributed by atoms with Gasteiger partial charge in [-0.25, -0.2) is 0 Å². The molecule has 4 heteroatoms. The molecule has 0 aromatic rings. The Labute approximate surface area is 84.1 Å². The molecule has 2 rings (SSSR count). The van der Waals surface area contributed by atoms with Crippen molar-refractivity contribution < 1.29 is 9.31 Å². The monoisotopic (exact) mass is 189 g/mol. The van der Waals surface area contributed by atoms with E-state index in [4.69, 9.17) is 14.6 Å². The van der Waals surface area contributed by atoms with Gasteiger partial charge >= 0.3 is 7.12 Å². The third kappa shape index (κ3) is 1.89. The molecule has 0 amide bonds. The van der Waals surface area contributed by atoms with E-state index in [1.165, 1.54) is 0 Å². The van der Waals surface area contributed by atoms with Crippen molar-refractivity contribution in [3.63, 3.8) is 0 Å². The van der Waals surface area contributed by atoms with Crippen LogP contribution < -0.4 is 0 Å². The second kappa shape index (κ2) is 4.45. The van der Waals surface area contributed by atoms with Crippen molar-refractivity contribution in [2.24, 2.45) is 0 Å². The Kier molecular flexibility index (Phi) is 3.02. The molecule has 0 unspecified atom stereocenters. The molecule has 1 aliphatic carbocycles. The molecule has 1 heterocycles. The number of nitrogens with zero attached hydrogens (tertiary/aromatic N) is 1. The standard InChI is InChI=1S/C10H12BNO2/c12-8-9-4-1-2-5-10(9)11-13-6-3-7-14-11/h2,5H,1,3-4,6-7H2. The topological polar surface area (TPSA) is 42.2 Å². The lowest BCUT2D eigenvalue weighted by molar-refractivity contribution is 0.140. The van der Waals surface area contributed by atoms with Crippen molar-refractivity contribution in [1.82, 2.24) is 0 Å². The fourth-order valence-corrected chi connectivity index (χ4v) is 1.69. The first kappa shape index (κ1) is 9.51. The van der Waals surface area contributed by atoms with Gasteiger partial charge in [0.15, 0.2) is 0 Å². The first-order chi connectivity index (χ1) is 6.92. The highest BCUT2D eigenvalue weighted by Gasteiger charge is 2.28. The second-order valence-corrected chi connectivity index (χ2v) is 3.41. The summed E-state index contributed by atoms with van der Waals surface area (Å²) < 4.78 is 10.9. The number of hydrogen-bond acceptors (Lipinski definition) is 3. The van der Waals surface area contributed by atoms with Crippen molar-refractivity contribution in [3.8, 4) is 6.07 Å². The van der Waals surface area contributed by atoms with Crippen molar-refractivity contribution in [2.45, 2.75) is 19.3 Å². The van der Waals surface area contributed by atoms with E-state index in [9.17, 15) is 0 Å². The van der Waals surface area contributed by atoms with Crippen LogP contribution in [-0.2, 0) is 9.31 Å². The highest BCUT2D eigenvalue weighted by Crippen LogP contribution is 2.22. The van der Waals surface area contributed by atoms with Gasteiger partial charge in [-0.2, -0.15) is 5.26 Å². The Hall–Kier alpha value is -1.05. The Morgan fingerprint density at radius 1 is 1.36 bits per heavy atom. The molecular weight excluding hydrogens is 177 g/mol. The smallest absolute Gasteiger partial charge is 0.407 e. The van der Waals surface area contributed by atoms with Gasteiger partial charge in [0.25, 0.3) is 0 Å². The molecule has 3 nitrogen and oxygen atoms in total. The third-order valence-electron chi connectivity index (χ3n) is 2.42. The normalized spacial score (nSPS) is 22.4.